The summed E-state index contributed by atoms with van der Waals surface area (Å²) in [5.74, 6) is -1.72. The summed E-state index contributed by atoms with van der Waals surface area (Å²) in [7, 11) is -4.39. The molecule has 0 amide bonds. The molecule has 0 aliphatic heterocycles. The average molecular weight is 563 g/mol. The lowest BCUT2D eigenvalue weighted by molar-refractivity contribution is 0.0975. The van der Waals surface area contributed by atoms with E-state index in [0.717, 1.165) is 0 Å². The lowest BCUT2D eigenvalue weighted by Crippen LogP contribution is -2.25. The van der Waals surface area contributed by atoms with E-state index in [1.165, 1.54) is 12.1 Å². The molecule has 38 heavy (non-hydrogen) atoms. The number of rotatable bonds is 14. The van der Waals surface area contributed by atoms with Gasteiger partial charge >= 0.3 is 0 Å². The maximum absolute atomic E-state index is 13.7. The standard InChI is InChI=1S/C28H40N2O6P2/c1-5-37(35,6-2)17-9-15-29-19-11-13-21(31)25-23(19)27(33)26-22(32)14-12-20(24(26)28(25)34)30-16-10-18-38(36,7-3)8-4/h11-14,29-32H,5-10,15-18H2,1-4H3. The minimum absolute atomic E-state index is 0.0240. The lowest BCUT2D eigenvalue weighted by atomic mass is 9.81. The van der Waals surface area contributed by atoms with E-state index in [4.69, 9.17) is 0 Å². The first kappa shape index (κ1) is 30.0. The third-order valence-electron chi connectivity index (χ3n) is 7.70. The molecule has 0 saturated carbocycles. The largest absolute Gasteiger partial charge is 0.507 e. The first-order valence-electron chi connectivity index (χ1n) is 13.5. The Kier molecular flexibility index (Phi) is 9.89. The zero-order valence-electron chi connectivity index (χ0n) is 22.8. The molecule has 0 spiro atoms. The van der Waals surface area contributed by atoms with Crippen LogP contribution < -0.4 is 10.6 Å². The minimum atomic E-state index is -2.19. The Morgan fingerprint density at radius 3 is 1.26 bits per heavy atom. The van der Waals surface area contributed by atoms with Gasteiger partial charge in [-0.3, -0.25) is 9.59 Å². The number of hydrogen-bond acceptors (Lipinski definition) is 8. The summed E-state index contributed by atoms with van der Waals surface area (Å²) in [6, 6.07) is 5.84. The van der Waals surface area contributed by atoms with Gasteiger partial charge in [-0.1, -0.05) is 27.7 Å². The van der Waals surface area contributed by atoms with E-state index >= 15 is 0 Å². The van der Waals surface area contributed by atoms with Crippen LogP contribution in [-0.2, 0) is 9.13 Å². The van der Waals surface area contributed by atoms with Gasteiger partial charge in [0.2, 0.25) is 11.6 Å². The van der Waals surface area contributed by atoms with Crippen molar-refractivity contribution < 1.29 is 28.9 Å². The molecule has 10 heteroatoms. The average Bonchev–Trinajstić information content (AvgIpc) is 2.92. The maximum atomic E-state index is 13.7. The smallest absolute Gasteiger partial charge is 0.200 e. The molecular weight excluding hydrogens is 522 g/mol. The van der Waals surface area contributed by atoms with Crippen molar-refractivity contribution in [3.8, 4) is 11.5 Å². The van der Waals surface area contributed by atoms with Crippen molar-refractivity contribution in [2.24, 2.45) is 0 Å². The van der Waals surface area contributed by atoms with Gasteiger partial charge in [0.25, 0.3) is 0 Å². The van der Waals surface area contributed by atoms with E-state index in [0.29, 0.717) is 74.3 Å². The van der Waals surface area contributed by atoms with Crippen LogP contribution in [0.15, 0.2) is 24.3 Å². The third-order valence-corrected chi connectivity index (χ3v) is 14.6. The number of nitrogens with one attached hydrogen (secondary N) is 2. The van der Waals surface area contributed by atoms with Gasteiger partial charge in [-0.05, 0) is 61.8 Å². The molecule has 2 aromatic rings. The van der Waals surface area contributed by atoms with Crippen LogP contribution in [0.3, 0.4) is 0 Å². The molecule has 2 aromatic carbocycles. The molecule has 4 N–H and O–H groups in total. The van der Waals surface area contributed by atoms with Crippen LogP contribution >= 0.6 is 14.3 Å². The number of ketones is 2. The van der Waals surface area contributed by atoms with Crippen LogP contribution in [0, 0.1) is 0 Å². The van der Waals surface area contributed by atoms with Gasteiger partial charge in [-0.2, -0.15) is 0 Å². The lowest BCUT2D eigenvalue weighted by Gasteiger charge is -2.25. The number of carbonyl (C=O) groups is 2. The van der Waals surface area contributed by atoms with Gasteiger partial charge in [-0.15, -0.1) is 0 Å². The van der Waals surface area contributed by atoms with Crippen molar-refractivity contribution in [2.75, 3.05) is 60.7 Å². The number of benzene rings is 2. The summed E-state index contributed by atoms with van der Waals surface area (Å²) in [6.07, 6.45) is 5.03. The highest BCUT2D eigenvalue weighted by Crippen LogP contribution is 2.46. The highest BCUT2D eigenvalue weighted by atomic mass is 31.2. The molecule has 0 aromatic heterocycles. The van der Waals surface area contributed by atoms with Gasteiger partial charge in [0.05, 0.1) is 36.5 Å². The summed E-state index contributed by atoms with van der Waals surface area (Å²) < 4.78 is 25.4. The Bertz CT molecular complexity index is 1190. The van der Waals surface area contributed by atoms with E-state index in [9.17, 15) is 28.9 Å². The SMILES string of the molecule is CCP(=O)(CC)CCCNc1ccc(O)c2c1C(=O)c1c(O)ccc(NCCCP(=O)(CC)CC)c1C2=O. The zero-order valence-corrected chi connectivity index (χ0v) is 24.6. The van der Waals surface area contributed by atoms with Crippen molar-refractivity contribution in [1.82, 2.24) is 0 Å². The first-order chi connectivity index (χ1) is 18.0. The second kappa shape index (κ2) is 12.5. The highest BCUT2D eigenvalue weighted by Gasteiger charge is 2.38. The molecule has 0 bridgehead atoms. The van der Waals surface area contributed by atoms with E-state index in [2.05, 4.69) is 10.6 Å². The van der Waals surface area contributed by atoms with Crippen LogP contribution in [-0.4, -0.2) is 71.8 Å². The second-order valence-corrected chi connectivity index (χ2v) is 17.5. The van der Waals surface area contributed by atoms with Crippen LogP contribution in [0.2, 0.25) is 0 Å². The molecule has 8 nitrogen and oxygen atoms in total. The number of fused-ring (bicyclic) bond motifs is 2. The molecule has 0 fully saturated rings. The number of carbonyl (C=O) groups excluding carboxylic acids is 2. The van der Waals surface area contributed by atoms with E-state index in [-0.39, 0.29) is 33.8 Å². The Hall–Kier alpha value is -2.56. The fourth-order valence-corrected chi connectivity index (χ4v) is 8.55. The van der Waals surface area contributed by atoms with E-state index in [1.54, 1.807) is 12.1 Å². The Morgan fingerprint density at radius 2 is 0.947 bits per heavy atom. The summed E-state index contributed by atoms with van der Waals surface area (Å²) in [5.41, 5.74) is 0.618. The molecule has 0 heterocycles. The molecule has 0 atom stereocenters. The van der Waals surface area contributed by atoms with Crippen molar-refractivity contribution in [3.05, 3.63) is 46.5 Å². The predicted octanol–water partition coefficient (Wildman–Crippen LogP) is 6.28. The Balaban J connectivity index is 1.87. The van der Waals surface area contributed by atoms with Crippen molar-refractivity contribution in [3.63, 3.8) is 0 Å². The molecule has 1 aliphatic rings. The number of phenols is 2. The summed E-state index contributed by atoms with van der Waals surface area (Å²) in [6.45, 7) is 8.62. The zero-order chi connectivity index (χ0) is 28.1. The van der Waals surface area contributed by atoms with Crippen LogP contribution in [0.25, 0.3) is 0 Å². The Labute approximate surface area is 225 Å². The minimum Gasteiger partial charge on any atom is -0.507 e. The first-order valence-corrected chi connectivity index (χ1v) is 18.0. The van der Waals surface area contributed by atoms with Crippen LogP contribution in [0.4, 0.5) is 11.4 Å². The number of aromatic hydroxyl groups is 2. The van der Waals surface area contributed by atoms with Crippen molar-refractivity contribution in [1.29, 1.82) is 0 Å². The van der Waals surface area contributed by atoms with E-state index in [1.807, 2.05) is 27.7 Å². The Morgan fingerprint density at radius 1 is 0.605 bits per heavy atom. The fraction of sp³-hybridized carbons (Fsp3) is 0.500. The van der Waals surface area contributed by atoms with Gasteiger partial charge in [0.1, 0.15) is 11.5 Å². The second-order valence-electron chi connectivity index (χ2n) is 9.81. The quantitative estimate of drug-likeness (QED) is 0.102. The normalized spacial score (nSPS) is 13.3. The fourth-order valence-electron chi connectivity index (χ4n) is 4.92. The molecule has 0 radical (unpaired) electrons. The summed E-state index contributed by atoms with van der Waals surface area (Å²) in [5, 5.41) is 27.6. The monoisotopic (exact) mass is 562 g/mol. The molecule has 0 unspecified atom stereocenters. The number of hydrogen-bond donors (Lipinski definition) is 4. The molecule has 0 saturated heterocycles. The summed E-state index contributed by atoms with van der Waals surface area (Å²) in [4.78, 5) is 27.3. The van der Waals surface area contributed by atoms with Crippen LogP contribution in [0.1, 0.15) is 72.4 Å². The molecule has 208 valence electrons. The van der Waals surface area contributed by atoms with Gasteiger partial charge in [0.15, 0.2) is 0 Å². The number of phenolic OH excluding ortho intramolecular Hbond substituents is 2. The molecule has 1 aliphatic carbocycles. The van der Waals surface area contributed by atoms with Crippen LogP contribution in [0.5, 0.6) is 11.5 Å². The van der Waals surface area contributed by atoms with Gasteiger partial charge < -0.3 is 30.0 Å². The van der Waals surface area contributed by atoms with Gasteiger partial charge in [0, 0.05) is 36.8 Å². The maximum Gasteiger partial charge on any atom is 0.200 e. The molecular formula is C28H40N2O6P2. The third kappa shape index (κ3) is 6.18. The van der Waals surface area contributed by atoms with Crippen molar-refractivity contribution in [2.45, 2.75) is 40.5 Å². The topological polar surface area (TPSA) is 133 Å². The summed E-state index contributed by atoms with van der Waals surface area (Å²) >= 11 is 0. The number of anilines is 2. The van der Waals surface area contributed by atoms with Gasteiger partial charge in [-0.25, -0.2) is 0 Å². The predicted molar refractivity (Wildman–Crippen MR) is 156 cm³/mol. The molecule has 3 rings (SSSR count). The highest BCUT2D eigenvalue weighted by molar-refractivity contribution is 7.64. The van der Waals surface area contributed by atoms with Crippen molar-refractivity contribution >= 4 is 37.2 Å². The van der Waals surface area contributed by atoms with E-state index < -0.39 is 25.9 Å².